The van der Waals surface area contributed by atoms with Gasteiger partial charge in [-0.3, -0.25) is 0 Å². The van der Waals surface area contributed by atoms with E-state index in [9.17, 15) is 4.39 Å². The zero-order chi connectivity index (χ0) is 15.1. The molecule has 2 nitrogen and oxygen atoms in total. The summed E-state index contributed by atoms with van der Waals surface area (Å²) < 4.78 is 13.4. The van der Waals surface area contributed by atoms with Crippen LogP contribution in [0.5, 0.6) is 0 Å². The summed E-state index contributed by atoms with van der Waals surface area (Å²) in [5.41, 5.74) is 1.89. The first-order valence-corrected chi connectivity index (χ1v) is 7.42. The van der Waals surface area contributed by atoms with Gasteiger partial charge in [-0.05, 0) is 30.0 Å². The second-order valence-electron chi connectivity index (χ2n) is 4.92. The molecule has 2 N–H and O–H groups in total. The van der Waals surface area contributed by atoms with Crippen molar-refractivity contribution in [2.24, 2.45) is 0 Å². The summed E-state index contributed by atoms with van der Waals surface area (Å²) in [5, 5.41) is 12.6. The first-order valence-electron chi connectivity index (χ1n) is 7.04. The lowest BCUT2D eigenvalue weighted by Gasteiger charge is -2.19. The zero-order valence-corrected chi connectivity index (χ0v) is 12.5. The van der Waals surface area contributed by atoms with Crippen LogP contribution in [0.4, 0.5) is 4.39 Å². The molecule has 2 rings (SSSR count). The van der Waals surface area contributed by atoms with Crippen LogP contribution >= 0.6 is 11.6 Å². The zero-order valence-electron chi connectivity index (χ0n) is 11.7. The number of nitrogens with one attached hydrogen (secondary N) is 1. The minimum absolute atomic E-state index is 0.109. The summed E-state index contributed by atoms with van der Waals surface area (Å²) in [6, 6.07) is 15.0. The van der Waals surface area contributed by atoms with E-state index in [1.807, 2.05) is 36.4 Å². The first-order chi connectivity index (χ1) is 10.2. The maximum absolute atomic E-state index is 13.4. The lowest BCUT2D eigenvalue weighted by molar-refractivity contribution is 0.275. The van der Waals surface area contributed by atoms with Crippen LogP contribution in [0, 0.1) is 5.82 Å². The van der Waals surface area contributed by atoms with Crippen LogP contribution in [0.3, 0.4) is 0 Å². The number of benzene rings is 2. The predicted octanol–water partition coefficient (Wildman–Crippen LogP) is 4.08. The van der Waals surface area contributed by atoms with Crippen LogP contribution in [-0.2, 0) is 6.54 Å². The van der Waals surface area contributed by atoms with E-state index in [1.165, 1.54) is 6.07 Å². The molecule has 0 saturated heterocycles. The molecule has 1 unspecified atom stereocenters. The molecule has 0 aliphatic carbocycles. The molecule has 0 aliphatic rings. The Morgan fingerprint density at radius 3 is 2.57 bits per heavy atom. The van der Waals surface area contributed by atoms with Gasteiger partial charge in [0, 0.05) is 19.2 Å². The summed E-state index contributed by atoms with van der Waals surface area (Å²) >= 11 is 5.97. The molecule has 0 radical (unpaired) electrons. The Labute approximate surface area is 129 Å². The normalized spacial score (nSPS) is 12.3. The predicted molar refractivity (Wildman–Crippen MR) is 83.8 cm³/mol. The maximum Gasteiger partial charge on any atom is 0.142 e. The molecule has 0 saturated carbocycles. The summed E-state index contributed by atoms with van der Waals surface area (Å²) in [4.78, 5) is 0. The van der Waals surface area contributed by atoms with Crippen molar-refractivity contribution in [2.45, 2.75) is 25.4 Å². The highest BCUT2D eigenvalue weighted by molar-refractivity contribution is 6.31. The van der Waals surface area contributed by atoms with E-state index in [-0.39, 0.29) is 17.7 Å². The van der Waals surface area contributed by atoms with E-state index < -0.39 is 5.82 Å². The molecule has 4 heteroatoms. The van der Waals surface area contributed by atoms with Crippen LogP contribution in [0.1, 0.15) is 30.0 Å². The van der Waals surface area contributed by atoms with E-state index >= 15 is 0 Å². The molecule has 112 valence electrons. The molecule has 2 aromatic rings. The molecule has 0 aromatic heterocycles. The van der Waals surface area contributed by atoms with Gasteiger partial charge in [-0.15, -0.1) is 0 Å². The Morgan fingerprint density at radius 1 is 1.10 bits per heavy atom. The number of aliphatic hydroxyl groups excluding tert-OH is 1. The average Bonchev–Trinajstić information content (AvgIpc) is 2.52. The summed E-state index contributed by atoms with van der Waals surface area (Å²) in [6.07, 6.45) is 1.52. The van der Waals surface area contributed by atoms with Crippen molar-refractivity contribution in [1.29, 1.82) is 0 Å². The molecule has 2 aromatic carbocycles. The number of aliphatic hydroxyl groups is 1. The molecule has 0 fully saturated rings. The van der Waals surface area contributed by atoms with E-state index in [1.54, 1.807) is 6.07 Å². The molecule has 0 bridgehead atoms. The molecule has 0 amide bonds. The largest absolute Gasteiger partial charge is 0.396 e. The lowest BCUT2D eigenvalue weighted by Crippen LogP contribution is -2.21. The highest BCUT2D eigenvalue weighted by atomic mass is 35.5. The molecule has 0 spiro atoms. The standard InChI is InChI=1S/C17H19ClFNO/c18-17-14(8-4-9-15(17)19)12-20-16(10-5-11-21)13-6-2-1-3-7-13/h1-4,6-9,16,20-21H,5,10-12H2. The minimum atomic E-state index is -0.400. The molecule has 0 aliphatic heterocycles. The van der Waals surface area contributed by atoms with Gasteiger partial charge in [-0.2, -0.15) is 0 Å². The van der Waals surface area contributed by atoms with Crippen LogP contribution in [0.2, 0.25) is 5.02 Å². The van der Waals surface area contributed by atoms with Gasteiger partial charge in [-0.25, -0.2) is 4.39 Å². The van der Waals surface area contributed by atoms with Gasteiger partial charge in [0.25, 0.3) is 0 Å². The van der Waals surface area contributed by atoms with Crippen molar-refractivity contribution in [3.8, 4) is 0 Å². The highest BCUT2D eigenvalue weighted by Crippen LogP contribution is 2.22. The number of rotatable bonds is 7. The van der Waals surface area contributed by atoms with Crippen molar-refractivity contribution < 1.29 is 9.50 Å². The Morgan fingerprint density at radius 2 is 1.86 bits per heavy atom. The quantitative estimate of drug-likeness (QED) is 0.808. The van der Waals surface area contributed by atoms with E-state index in [0.29, 0.717) is 13.0 Å². The monoisotopic (exact) mass is 307 g/mol. The minimum Gasteiger partial charge on any atom is -0.396 e. The smallest absolute Gasteiger partial charge is 0.142 e. The van der Waals surface area contributed by atoms with Crippen molar-refractivity contribution >= 4 is 11.6 Å². The summed E-state index contributed by atoms with van der Waals surface area (Å²) in [7, 11) is 0. The second kappa shape index (κ2) is 8.13. The van der Waals surface area contributed by atoms with Gasteiger partial charge in [-0.1, -0.05) is 54.1 Å². The summed E-state index contributed by atoms with van der Waals surface area (Å²) in [6.45, 7) is 0.646. The van der Waals surface area contributed by atoms with Gasteiger partial charge in [0.15, 0.2) is 0 Å². The van der Waals surface area contributed by atoms with E-state index in [4.69, 9.17) is 16.7 Å². The van der Waals surface area contributed by atoms with E-state index in [0.717, 1.165) is 17.5 Å². The van der Waals surface area contributed by atoms with Crippen molar-refractivity contribution in [2.75, 3.05) is 6.61 Å². The molecule has 21 heavy (non-hydrogen) atoms. The Hall–Kier alpha value is -1.42. The van der Waals surface area contributed by atoms with Crippen molar-refractivity contribution in [3.05, 3.63) is 70.5 Å². The summed E-state index contributed by atoms with van der Waals surface area (Å²) in [5.74, 6) is -0.400. The van der Waals surface area contributed by atoms with Crippen molar-refractivity contribution in [1.82, 2.24) is 5.32 Å². The van der Waals surface area contributed by atoms with Crippen LogP contribution in [0.15, 0.2) is 48.5 Å². The fourth-order valence-corrected chi connectivity index (χ4v) is 2.48. The van der Waals surface area contributed by atoms with Gasteiger partial charge in [0.1, 0.15) is 5.82 Å². The Bertz CT molecular complexity index is 562. The molecular weight excluding hydrogens is 289 g/mol. The molecule has 0 heterocycles. The van der Waals surface area contributed by atoms with Crippen molar-refractivity contribution in [3.63, 3.8) is 0 Å². The number of hydrogen-bond donors (Lipinski definition) is 2. The Balaban J connectivity index is 2.07. The fraction of sp³-hybridized carbons (Fsp3) is 0.294. The van der Waals surface area contributed by atoms with E-state index in [2.05, 4.69) is 5.32 Å². The number of hydrogen-bond acceptors (Lipinski definition) is 2. The van der Waals surface area contributed by atoms with Gasteiger partial charge >= 0.3 is 0 Å². The topological polar surface area (TPSA) is 32.3 Å². The highest BCUT2D eigenvalue weighted by Gasteiger charge is 2.12. The maximum atomic E-state index is 13.4. The van der Waals surface area contributed by atoms with Gasteiger partial charge in [0.05, 0.1) is 5.02 Å². The molecule has 1 atom stereocenters. The third kappa shape index (κ3) is 4.53. The number of halogens is 2. The van der Waals surface area contributed by atoms with Crippen LogP contribution in [-0.4, -0.2) is 11.7 Å². The van der Waals surface area contributed by atoms with Crippen LogP contribution < -0.4 is 5.32 Å². The average molecular weight is 308 g/mol. The third-order valence-electron chi connectivity index (χ3n) is 3.42. The SMILES string of the molecule is OCCCC(NCc1cccc(F)c1Cl)c1ccccc1. The Kier molecular flexibility index (Phi) is 6.18. The van der Waals surface area contributed by atoms with Crippen LogP contribution in [0.25, 0.3) is 0 Å². The molecular formula is C17H19ClFNO. The second-order valence-corrected chi connectivity index (χ2v) is 5.30. The fourth-order valence-electron chi connectivity index (χ4n) is 2.29. The van der Waals surface area contributed by atoms with Gasteiger partial charge < -0.3 is 10.4 Å². The van der Waals surface area contributed by atoms with Gasteiger partial charge in [0.2, 0.25) is 0 Å². The lowest BCUT2D eigenvalue weighted by atomic mass is 10.0. The first kappa shape index (κ1) is 16.0. The third-order valence-corrected chi connectivity index (χ3v) is 3.85.